The minimum Gasteiger partial charge on any atom is -0.369 e. The molecule has 0 radical (unpaired) electrons. The number of para-hydroxylation sites is 1. The molecule has 1 saturated carbocycles. The first kappa shape index (κ1) is 16.5. The zero-order valence-corrected chi connectivity index (χ0v) is 13.7. The van der Waals surface area contributed by atoms with Crippen molar-refractivity contribution in [3.8, 4) is 0 Å². The maximum Gasteiger partial charge on any atom is 0.228 e. The predicted octanol–water partition coefficient (Wildman–Crippen LogP) is 3.15. The van der Waals surface area contributed by atoms with E-state index >= 15 is 0 Å². The Bertz CT molecular complexity index is 764. The van der Waals surface area contributed by atoms with Crippen LogP contribution in [0.2, 0.25) is 0 Å². The molecule has 2 aromatic rings. The van der Waals surface area contributed by atoms with E-state index < -0.39 is 5.91 Å². The molecular weight excluding hydrogens is 327 g/mol. The molecule has 2 atom stereocenters. The summed E-state index contributed by atoms with van der Waals surface area (Å²) in [7, 11) is 0. The van der Waals surface area contributed by atoms with Gasteiger partial charge in [0.2, 0.25) is 11.8 Å². The number of nitrogens with two attached hydrogens (primary N) is 1. The number of carbonyl (C=O) groups excluding carboxylic acids is 2. The van der Waals surface area contributed by atoms with Crippen LogP contribution in [0.1, 0.15) is 17.9 Å². The second kappa shape index (κ2) is 7.05. The van der Waals surface area contributed by atoms with Crippen molar-refractivity contribution in [3.63, 3.8) is 0 Å². The van der Waals surface area contributed by atoms with Gasteiger partial charge in [-0.1, -0.05) is 24.3 Å². The third-order valence-electron chi connectivity index (χ3n) is 3.94. The number of thioether (sulfide) groups is 1. The van der Waals surface area contributed by atoms with E-state index in [0.29, 0.717) is 5.69 Å². The number of hydrogen-bond acceptors (Lipinski definition) is 3. The molecule has 0 spiro atoms. The van der Waals surface area contributed by atoms with Crippen LogP contribution in [0.3, 0.4) is 0 Å². The van der Waals surface area contributed by atoms with E-state index in [1.54, 1.807) is 18.2 Å². The van der Waals surface area contributed by atoms with Crippen LogP contribution in [0.25, 0.3) is 0 Å². The normalized spacial score (nSPS) is 18.9. The fourth-order valence-electron chi connectivity index (χ4n) is 2.63. The van der Waals surface area contributed by atoms with Crippen molar-refractivity contribution in [2.45, 2.75) is 17.2 Å². The van der Waals surface area contributed by atoms with Gasteiger partial charge in [-0.05, 0) is 42.2 Å². The Hall–Kier alpha value is -2.34. The summed E-state index contributed by atoms with van der Waals surface area (Å²) in [5.74, 6) is -0.549. The van der Waals surface area contributed by atoms with Crippen molar-refractivity contribution in [2.75, 3.05) is 11.1 Å². The van der Waals surface area contributed by atoms with E-state index in [4.69, 9.17) is 5.73 Å². The first-order valence-corrected chi connectivity index (χ1v) is 8.59. The summed E-state index contributed by atoms with van der Waals surface area (Å²) in [6.07, 6.45) is 0.758. The van der Waals surface area contributed by atoms with Gasteiger partial charge < -0.3 is 11.1 Å². The minimum atomic E-state index is -0.403. The highest BCUT2D eigenvalue weighted by atomic mass is 32.2. The summed E-state index contributed by atoms with van der Waals surface area (Å²) in [5, 5.41) is 2.92. The topological polar surface area (TPSA) is 72.2 Å². The Morgan fingerprint density at radius 1 is 1.17 bits per heavy atom. The van der Waals surface area contributed by atoms with Crippen molar-refractivity contribution in [3.05, 3.63) is 59.9 Å². The fourth-order valence-corrected chi connectivity index (χ4v) is 3.38. The molecule has 0 saturated heterocycles. The molecule has 2 unspecified atom stereocenters. The molecule has 24 heavy (non-hydrogen) atoms. The average Bonchev–Trinajstić information content (AvgIpc) is 3.35. The summed E-state index contributed by atoms with van der Waals surface area (Å²) in [5.41, 5.74) is 6.83. The standard InChI is InChI=1S/C18H17FN2O2S/c19-12-7-5-11(6-8-12)13-9-14(13)18(23)21-15-3-1-2-4-16(15)24-10-17(20)22/h1-8,13-14H,9-10H2,(H2,20,22)(H,21,23). The Morgan fingerprint density at radius 3 is 2.58 bits per heavy atom. The first-order valence-electron chi connectivity index (χ1n) is 7.61. The van der Waals surface area contributed by atoms with Gasteiger partial charge in [0.05, 0.1) is 11.4 Å². The van der Waals surface area contributed by atoms with Gasteiger partial charge in [0.15, 0.2) is 0 Å². The van der Waals surface area contributed by atoms with Gasteiger partial charge in [0.25, 0.3) is 0 Å². The minimum absolute atomic E-state index is 0.0588. The molecule has 4 nitrogen and oxygen atoms in total. The summed E-state index contributed by atoms with van der Waals surface area (Å²) in [6.45, 7) is 0. The molecule has 124 valence electrons. The van der Waals surface area contributed by atoms with E-state index in [0.717, 1.165) is 16.9 Å². The van der Waals surface area contributed by atoms with Crippen LogP contribution >= 0.6 is 11.8 Å². The van der Waals surface area contributed by atoms with Crippen molar-refractivity contribution in [2.24, 2.45) is 11.7 Å². The van der Waals surface area contributed by atoms with Crippen LogP contribution in [0, 0.1) is 11.7 Å². The monoisotopic (exact) mass is 344 g/mol. The van der Waals surface area contributed by atoms with E-state index in [1.807, 2.05) is 18.2 Å². The van der Waals surface area contributed by atoms with Crippen LogP contribution in [0.5, 0.6) is 0 Å². The number of halogens is 1. The molecule has 2 amide bonds. The fraction of sp³-hybridized carbons (Fsp3) is 0.222. The highest BCUT2D eigenvalue weighted by molar-refractivity contribution is 8.00. The third kappa shape index (κ3) is 3.94. The lowest BCUT2D eigenvalue weighted by atomic mass is 10.1. The molecule has 2 aromatic carbocycles. The second-order valence-electron chi connectivity index (χ2n) is 5.74. The highest BCUT2D eigenvalue weighted by Gasteiger charge is 2.44. The summed E-state index contributed by atoms with van der Waals surface area (Å²) < 4.78 is 13.0. The highest BCUT2D eigenvalue weighted by Crippen LogP contribution is 2.48. The summed E-state index contributed by atoms with van der Waals surface area (Å²) >= 11 is 1.30. The number of rotatable bonds is 6. The van der Waals surface area contributed by atoms with Crippen LogP contribution in [-0.4, -0.2) is 17.6 Å². The first-order chi connectivity index (χ1) is 11.5. The Kier molecular flexibility index (Phi) is 4.85. The van der Waals surface area contributed by atoms with Gasteiger partial charge in [-0.25, -0.2) is 4.39 Å². The molecule has 3 N–H and O–H groups in total. The lowest BCUT2D eigenvalue weighted by Gasteiger charge is -2.10. The number of carbonyl (C=O) groups is 2. The van der Waals surface area contributed by atoms with E-state index in [-0.39, 0.29) is 29.3 Å². The maximum absolute atomic E-state index is 13.0. The van der Waals surface area contributed by atoms with Crippen molar-refractivity contribution >= 4 is 29.3 Å². The predicted molar refractivity (Wildman–Crippen MR) is 92.2 cm³/mol. The van der Waals surface area contributed by atoms with Crippen LogP contribution in [0.4, 0.5) is 10.1 Å². The van der Waals surface area contributed by atoms with E-state index in [9.17, 15) is 14.0 Å². The van der Waals surface area contributed by atoms with Gasteiger partial charge in [-0.3, -0.25) is 9.59 Å². The molecule has 1 fully saturated rings. The molecule has 6 heteroatoms. The molecule has 3 rings (SSSR count). The van der Waals surface area contributed by atoms with Gasteiger partial charge in [-0.2, -0.15) is 0 Å². The Balaban J connectivity index is 1.64. The molecule has 1 aliphatic carbocycles. The zero-order valence-electron chi connectivity index (χ0n) is 12.9. The van der Waals surface area contributed by atoms with Crippen LogP contribution < -0.4 is 11.1 Å². The number of nitrogens with one attached hydrogen (secondary N) is 1. The van der Waals surface area contributed by atoms with Crippen molar-refractivity contribution in [1.82, 2.24) is 0 Å². The van der Waals surface area contributed by atoms with Gasteiger partial charge >= 0.3 is 0 Å². The SMILES string of the molecule is NC(=O)CSc1ccccc1NC(=O)C1CC1c1ccc(F)cc1. The van der Waals surface area contributed by atoms with Crippen molar-refractivity contribution < 1.29 is 14.0 Å². The molecule has 0 aliphatic heterocycles. The maximum atomic E-state index is 13.0. The molecule has 0 aromatic heterocycles. The number of amides is 2. The number of hydrogen-bond donors (Lipinski definition) is 2. The lowest BCUT2D eigenvalue weighted by Crippen LogP contribution is -2.16. The quantitative estimate of drug-likeness (QED) is 0.791. The number of anilines is 1. The average molecular weight is 344 g/mol. The van der Waals surface area contributed by atoms with Gasteiger partial charge in [0.1, 0.15) is 5.82 Å². The second-order valence-corrected chi connectivity index (χ2v) is 6.76. The third-order valence-corrected chi connectivity index (χ3v) is 5.04. The summed E-state index contributed by atoms with van der Waals surface area (Å²) in [6, 6.07) is 13.6. The van der Waals surface area contributed by atoms with E-state index in [1.165, 1.54) is 23.9 Å². The number of primary amides is 1. The lowest BCUT2D eigenvalue weighted by molar-refractivity contribution is -0.117. The van der Waals surface area contributed by atoms with Crippen LogP contribution in [-0.2, 0) is 9.59 Å². The largest absolute Gasteiger partial charge is 0.369 e. The van der Waals surface area contributed by atoms with Gasteiger partial charge in [-0.15, -0.1) is 11.8 Å². The van der Waals surface area contributed by atoms with E-state index in [2.05, 4.69) is 5.32 Å². The smallest absolute Gasteiger partial charge is 0.228 e. The van der Waals surface area contributed by atoms with Crippen molar-refractivity contribution in [1.29, 1.82) is 0 Å². The molecule has 1 aliphatic rings. The molecule has 0 heterocycles. The number of benzene rings is 2. The Morgan fingerprint density at radius 2 is 1.88 bits per heavy atom. The zero-order chi connectivity index (χ0) is 17.1. The molecule has 0 bridgehead atoms. The molecular formula is C18H17FN2O2S. The van der Waals surface area contributed by atoms with Crippen LogP contribution in [0.15, 0.2) is 53.4 Å². The summed E-state index contributed by atoms with van der Waals surface area (Å²) in [4.78, 5) is 24.2. The Labute approximate surface area is 143 Å². The van der Waals surface area contributed by atoms with Gasteiger partial charge in [0, 0.05) is 10.8 Å².